The predicted octanol–water partition coefficient (Wildman–Crippen LogP) is -6.10. The van der Waals surface area contributed by atoms with Crippen LogP contribution >= 0.6 is 0 Å². The van der Waals surface area contributed by atoms with Crippen LogP contribution in [0.25, 0.3) is 0 Å². The molecule has 0 atom stereocenters. The first-order valence-electron chi connectivity index (χ1n) is 8.19. The Balaban J connectivity index is -0.0000000747. The third kappa shape index (κ3) is 13.8. The number of rotatable bonds is 8. The van der Waals surface area contributed by atoms with Gasteiger partial charge in [-0.3, -0.25) is 0 Å². The van der Waals surface area contributed by atoms with Crippen molar-refractivity contribution in [3.8, 4) is 0 Å². The quantitative estimate of drug-likeness (QED) is 0.236. The number of nitrogens with one attached hydrogen (secondary N) is 2. The maximum atomic E-state index is 10.6. The van der Waals surface area contributed by atoms with Crippen molar-refractivity contribution >= 4 is 23.9 Å². The summed E-state index contributed by atoms with van der Waals surface area (Å²) >= 11 is 0. The monoisotopic (exact) mass is 561 g/mol. The Morgan fingerprint density at radius 2 is 0.943 bits per heavy atom. The van der Waals surface area contributed by atoms with Crippen molar-refractivity contribution in [1.29, 1.82) is 0 Å². The normalized spacial score (nSPS) is 8.06. The first-order chi connectivity index (χ1) is 13.1. The molecule has 0 aliphatic heterocycles. The molecule has 207 valence electrons. The SMILES string of the molecule is CCCc1nc(C(=O)[O-])c(C(=O)O)[nH]1.CCCc1nc(C(=O)[O-])c(C(=O)O)[nH]1.O.O.O.O.O.O.[Co+2]. The molecule has 18 nitrogen and oxygen atoms in total. The molecular formula is C16H30CoN4O14. The average Bonchev–Trinajstić information content (AvgIpc) is 3.21. The molecule has 0 bridgehead atoms. The molecule has 2 rings (SSSR count). The number of carbonyl (C=O) groups is 4. The van der Waals surface area contributed by atoms with Crippen LogP contribution in [-0.4, -0.2) is 86.9 Å². The van der Waals surface area contributed by atoms with Crippen LogP contribution in [0.4, 0.5) is 0 Å². The first-order valence-corrected chi connectivity index (χ1v) is 8.19. The van der Waals surface area contributed by atoms with E-state index in [2.05, 4.69) is 19.9 Å². The maximum Gasteiger partial charge on any atom is 2.00 e. The van der Waals surface area contributed by atoms with E-state index in [1.165, 1.54) is 0 Å². The van der Waals surface area contributed by atoms with E-state index in [9.17, 15) is 29.4 Å². The molecule has 0 aromatic carbocycles. The Bertz CT molecular complexity index is 764. The van der Waals surface area contributed by atoms with Crippen LogP contribution in [0, 0.1) is 0 Å². The van der Waals surface area contributed by atoms with Crippen LogP contribution in [0.2, 0.25) is 0 Å². The Hall–Kier alpha value is -3.43. The molecule has 0 amide bonds. The third-order valence-electron chi connectivity index (χ3n) is 3.29. The van der Waals surface area contributed by atoms with E-state index in [-0.39, 0.29) is 49.6 Å². The van der Waals surface area contributed by atoms with Gasteiger partial charge in [0.1, 0.15) is 23.0 Å². The Morgan fingerprint density at radius 3 is 1.09 bits per heavy atom. The van der Waals surface area contributed by atoms with Crippen LogP contribution in [0.15, 0.2) is 0 Å². The average molecular weight is 561 g/mol. The number of H-pyrrole nitrogens is 2. The van der Waals surface area contributed by atoms with Crippen molar-refractivity contribution in [2.24, 2.45) is 0 Å². The number of aryl methyl sites for hydroxylation is 2. The summed E-state index contributed by atoms with van der Waals surface area (Å²) in [5.74, 6) is -5.16. The molecule has 2 aromatic heterocycles. The molecule has 35 heavy (non-hydrogen) atoms. The van der Waals surface area contributed by atoms with E-state index in [4.69, 9.17) is 10.2 Å². The molecule has 0 unspecified atom stereocenters. The van der Waals surface area contributed by atoms with Crippen LogP contribution in [0.1, 0.15) is 80.3 Å². The van der Waals surface area contributed by atoms with Gasteiger partial charge in [-0.15, -0.1) is 0 Å². The fourth-order valence-electron chi connectivity index (χ4n) is 2.16. The Morgan fingerprint density at radius 1 is 0.686 bits per heavy atom. The van der Waals surface area contributed by atoms with E-state index >= 15 is 0 Å². The Labute approximate surface area is 207 Å². The summed E-state index contributed by atoms with van der Waals surface area (Å²) in [5.41, 5.74) is -1.93. The predicted molar refractivity (Wildman–Crippen MR) is 109 cm³/mol. The van der Waals surface area contributed by atoms with E-state index in [0.29, 0.717) is 24.5 Å². The first kappa shape index (κ1) is 48.9. The van der Waals surface area contributed by atoms with Crippen molar-refractivity contribution in [2.75, 3.05) is 0 Å². The van der Waals surface area contributed by atoms with Gasteiger partial charge < -0.3 is 72.8 Å². The molecule has 0 saturated carbocycles. The van der Waals surface area contributed by atoms with Crippen LogP contribution < -0.4 is 10.2 Å². The van der Waals surface area contributed by atoms with Gasteiger partial charge in [0.15, 0.2) is 11.4 Å². The summed E-state index contributed by atoms with van der Waals surface area (Å²) < 4.78 is 0. The van der Waals surface area contributed by atoms with Crippen LogP contribution in [0.5, 0.6) is 0 Å². The number of carboxylic acid groups (broad SMARTS) is 4. The number of imidazole rings is 2. The molecular weight excluding hydrogens is 531 g/mol. The van der Waals surface area contributed by atoms with E-state index in [1.807, 2.05) is 13.8 Å². The van der Waals surface area contributed by atoms with Gasteiger partial charge in [-0.05, 0) is 12.8 Å². The van der Waals surface area contributed by atoms with Crippen molar-refractivity contribution in [3.63, 3.8) is 0 Å². The molecule has 0 fully saturated rings. The van der Waals surface area contributed by atoms with Gasteiger partial charge in [0.2, 0.25) is 0 Å². The number of aromatic amines is 2. The molecule has 0 saturated heterocycles. The van der Waals surface area contributed by atoms with Gasteiger partial charge in [0.05, 0.1) is 11.9 Å². The number of aromatic carboxylic acids is 4. The van der Waals surface area contributed by atoms with Gasteiger partial charge in [-0.2, -0.15) is 0 Å². The zero-order valence-electron chi connectivity index (χ0n) is 18.4. The molecule has 0 spiro atoms. The van der Waals surface area contributed by atoms with Crippen molar-refractivity contribution < 1.29 is 89.2 Å². The Kier molecular flexibility index (Phi) is 31.2. The minimum atomic E-state index is -1.58. The number of hydrogen-bond acceptors (Lipinski definition) is 8. The van der Waals surface area contributed by atoms with Gasteiger partial charge in [0, 0.05) is 12.8 Å². The van der Waals surface area contributed by atoms with Crippen LogP contribution in [0.3, 0.4) is 0 Å². The minimum Gasteiger partial charge on any atom is -0.543 e. The third-order valence-corrected chi connectivity index (χ3v) is 3.29. The standard InChI is InChI=1S/2C8H10N2O4.Co.6H2O/c2*1-2-3-4-9-5(7(11)12)6(10-4)8(13)14;;;;;;;/h2*2-3H2,1H3,(H,9,10)(H,11,12)(H,13,14);;6*1H2/q;;+2;;;;;;/p-2. The molecule has 2 heterocycles. The van der Waals surface area contributed by atoms with Gasteiger partial charge in [-0.25, -0.2) is 19.6 Å². The zero-order chi connectivity index (χ0) is 21.4. The summed E-state index contributed by atoms with van der Waals surface area (Å²) in [6.45, 7) is 3.75. The zero-order valence-corrected chi connectivity index (χ0v) is 19.4. The minimum absolute atomic E-state index is 0. The second kappa shape index (κ2) is 22.4. The van der Waals surface area contributed by atoms with Gasteiger partial charge >= 0.3 is 28.7 Å². The number of carbonyl (C=O) groups excluding carboxylic acids is 2. The summed E-state index contributed by atoms with van der Waals surface area (Å²) in [4.78, 5) is 54.2. The molecule has 2 aromatic rings. The van der Waals surface area contributed by atoms with Crippen molar-refractivity contribution in [2.45, 2.75) is 39.5 Å². The maximum absolute atomic E-state index is 10.6. The molecule has 1 radical (unpaired) electrons. The summed E-state index contributed by atoms with van der Waals surface area (Å²) in [7, 11) is 0. The van der Waals surface area contributed by atoms with Crippen LogP contribution in [-0.2, 0) is 29.6 Å². The largest absolute Gasteiger partial charge is 2.00 e. The number of nitrogens with zero attached hydrogens (tertiary/aromatic N) is 2. The molecule has 19 heteroatoms. The molecule has 16 N–H and O–H groups in total. The van der Waals surface area contributed by atoms with Gasteiger partial charge in [0.25, 0.3) is 0 Å². The number of carboxylic acids is 4. The van der Waals surface area contributed by atoms with Gasteiger partial charge in [-0.1, -0.05) is 13.8 Å². The van der Waals surface area contributed by atoms with E-state index < -0.39 is 46.7 Å². The second-order valence-corrected chi connectivity index (χ2v) is 5.50. The van der Waals surface area contributed by atoms with Crippen molar-refractivity contribution in [3.05, 3.63) is 34.4 Å². The smallest absolute Gasteiger partial charge is 0.543 e. The van der Waals surface area contributed by atoms with E-state index in [0.717, 1.165) is 12.8 Å². The van der Waals surface area contributed by atoms with E-state index in [1.54, 1.807) is 0 Å². The topological polar surface area (TPSA) is 401 Å². The summed E-state index contributed by atoms with van der Waals surface area (Å²) in [6.07, 6.45) is 2.51. The second-order valence-electron chi connectivity index (χ2n) is 5.50. The van der Waals surface area contributed by atoms with Crippen molar-refractivity contribution in [1.82, 2.24) is 19.9 Å². The summed E-state index contributed by atoms with van der Waals surface area (Å²) in [5, 5.41) is 38.2. The molecule has 0 aliphatic carbocycles. The number of hydrogen-bond donors (Lipinski definition) is 4. The number of aromatic nitrogens is 4. The fraction of sp³-hybridized carbons (Fsp3) is 0.375. The molecule has 0 aliphatic rings. The summed E-state index contributed by atoms with van der Waals surface area (Å²) in [6, 6.07) is 0. The fourth-order valence-corrected chi connectivity index (χ4v) is 2.16.